The molecule has 0 aromatic heterocycles. The number of carbonyl (C=O) groups excluding carboxylic acids is 1. The second kappa shape index (κ2) is 5.83. The first-order valence-electron chi connectivity index (χ1n) is 7.05. The fraction of sp³-hybridized carbons (Fsp3) is 0.235. The summed E-state index contributed by atoms with van der Waals surface area (Å²) in [5, 5.41) is 10.2. The quantitative estimate of drug-likeness (QED) is 0.912. The Kier molecular flexibility index (Phi) is 3.96. The fourth-order valence-corrected chi connectivity index (χ4v) is 2.57. The average Bonchev–Trinajstić information content (AvgIpc) is 2.57. The molecule has 126 valence electrons. The highest BCUT2D eigenvalue weighted by atomic mass is 19.4. The Morgan fingerprint density at radius 2 is 1.92 bits per heavy atom. The van der Waals surface area contributed by atoms with Crippen molar-refractivity contribution in [2.45, 2.75) is 18.4 Å². The highest BCUT2D eigenvalue weighted by Crippen LogP contribution is 2.38. The molecule has 4 nitrogen and oxygen atoms in total. The minimum absolute atomic E-state index is 0.0687. The zero-order valence-corrected chi connectivity index (χ0v) is 12.5. The van der Waals surface area contributed by atoms with Gasteiger partial charge < -0.3 is 14.6 Å². The Morgan fingerprint density at radius 3 is 2.58 bits per heavy atom. The van der Waals surface area contributed by atoms with E-state index in [1.807, 2.05) is 0 Å². The number of Topliss-reactive ketones (excluding diaryl/α,β-unsaturated/α-hetero) is 1. The normalized spacial score (nSPS) is 20.3. The predicted octanol–water partition coefficient (Wildman–Crippen LogP) is 3.39. The zero-order chi connectivity index (χ0) is 17.5. The molecule has 1 heterocycles. The minimum Gasteiger partial charge on any atom is -0.497 e. The Morgan fingerprint density at radius 1 is 1.17 bits per heavy atom. The van der Waals surface area contributed by atoms with Gasteiger partial charge in [-0.2, -0.15) is 13.2 Å². The van der Waals surface area contributed by atoms with Crippen LogP contribution < -0.4 is 9.47 Å². The van der Waals surface area contributed by atoms with Gasteiger partial charge in [-0.25, -0.2) is 0 Å². The van der Waals surface area contributed by atoms with E-state index in [4.69, 9.17) is 9.47 Å². The number of fused-ring (bicyclic) bond motifs is 1. The van der Waals surface area contributed by atoms with Crippen LogP contribution in [0.4, 0.5) is 13.2 Å². The van der Waals surface area contributed by atoms with Crippen LogP contribution in [0.3, 0.4) is 0 Å². The van der Waals surface area contributed by atoms with Gasteiger partial charge in [0.1, 0.15) is 11.5 Å². The third-order valence-corrected chi connectivity index (χ3v) is 3.81. The van der Waals surface area contributed by atoms with Gasteiger partial charge in [-0.3, -0.25) is 4.79 Å². The first kappa shape index (κ1) is 16.3. The lowest BCUT2D eigenvalue weighted by atomic mass is 9.92. The van der Waals surface area contributed by atoms with Gasteiger partial charge in [0.15, 0.2) is 18.0 Å². The topological polar surface area (TPSA) is 55.8 Å². The molecule has 0 radical (unpaired) electrons. The monoisotopic (exact) mass is 338 g/mol. The third-order valence-electron chi connectivity index (χ3n) is 3.81. The summed E-state index contributed by atoms with van der Waals surface area (Å²) in [6.45, 7) is 0. The molecule has 0 saturated heterocycles. The van der Waals surface area contributed by atoms with Crippen LogP contribution in [0, 0.1) is 0 Å². The summed E-state index contributed by atoms with van der Waals surface area (Å²) >= 11 is 0. The number of rotatable bonds is 2. The van der Waals surface area contributed by atoms with E-state index in [0.717, 1.165) is 12.1 Å². The van der Waals surface area contributed by atoms with Crippen molar-refractivity contribution in [1.29, 1.82) is 0 Å². The van der Waals surface area contributed by atoms with Crippen molar-refractivity contribution in [1.82, 2.24) is 0 Å². The van der Waals surface area contributed by atoms with E-state index in [-0.39, 0.29) is 16.9 Å². The van der Waals surface area contributed by atoms with Gasteiger partial charge in [0, 0.05) is 6.07 Å². The van der Waals surface area contributed by atoms with Crippen molar-refractivity contribution in [3.63, 3.8) is 0 Å². The highest BCUT2D eigenvalue weighted by Gasteiger charge is 2.38. The van der Waals surface area contributed by atoms with Crippen molar-refractivity contribution in [3.8, 4) is 11.5 Å². The number of alkyl halides is 3. The Labute approximate surface area is 135 Å². The van der Waals surface area contributed by atoms with Gasteiger partial charge in [0.25, 0.3) is 0 Å². The van der Waals surface area contributed by atoms with E-state index >= 15 is 0 Å². The molecule has 2 aromatic rings. The van der Waals surface area contributed by atoms with Crippen LogP contribution in [0.5, 0.6) is 11.5 Å². The maximum Gasteiger partial charge on any atom is 0.416 e. The van der Waals surface area contributed by atoms with Crippen LogP contribution in [-0.4, -0.2) is 24.1 Å². The number of aliphatic hydroxyl groups excluding tert-OH is 1. The van der Waals surface area contributed by atoms with E-state index in [1.54, 1.807) is 0 Å². The van der Waals surface area contributed by atoms with Crippen LogP contribution >= 0.6 is 0 Å². The smallest absolute Gasteiger partial charge is 0.416 e. The molecular formula is C17H13F3O4. The van der Waals surface area contributed by atoms with Crippen LogP contribution in [0.25, 0.3) is 0 Å². The van der Waals surface area contributed by atoms with E-state index in [2.05, 4.69) is 0 Å². The molecule has 2 atom stereocenters. The molecule has 1 aliphatic rings. The number of methoxy groups -OCH3 is 1. The number of aliphatic hydroxyl groups is 1. The molecule has 0 aliphatic carbocycles. The van der Waals surface area contributed by atoms with Crippen molar-refractivity contribution < 1.29 is 32.5 Å². The number of benzene rings is 2. The second-order valence-electron chi connectivity index (χ2n) is 5.33. The molecule has 0 spiro atoms. The molecule has 3 rings (SSSR count). The second-order valence-corrected chi connectivity index (χ2v) is 5.33. The first-order valence-corrected chi connectivity index (χ1v) is 7.05. The summed E-state index contributed by atoms with van der Waals surface area (Å²) in [4.78, 5) is 12.3. The molecular weight excluding hydrogens is 325 g/mol. The lowest BCUT2D eigenvalue weighted by Gasteiger charge is -2.30. The lowest BCUT2D eigenvalue weighted by Crippen LogP contribution is -2.36. The third kappa shape index (κ3) is 2.82. The van der Waals surface area contributed by atoms with E-state index in [9.17, 15) is 23.1 Å². The van der Waals surface area contributed by atoms with Crippen LogP contribution in [-0.2, 0) is 6.18 Å². The van der Waals surface area contributed by atoms with E-state index in [1.165, 1.54) is 37.4 Å². The molecule has 0 bridgehead atoms. The maximum absolute atomic E-state index is 12.9. The molecule has 24 heavy (non-hydrogen) atoms. The van der Waals surface area contributed by atoms with Crippen molar-refractivity contribution in [2.75, 3.05) is 7.11 Å². The summed E-state index contributed by atoms with van der Waals surface area (Å²) in [5.41, 5.74) is -0.648. The molecule has 1 N–H and O–H groups in total. The summed E-state index contributed by atoms with van der Waals surface area (Å²) in [6, 6.07) is 8.81. The summed E-state index contributed by atoms with van der Waals surface area (Å²) in [5.74, 6) is -0.0193. The Hall–Kier alpha value is -2.54. The number of ether oxygens (including phenoxy) is 2. The molecule has 0 fully saturated rings. The molecule has 1 aliphatic heterocycles. The lowest BCUT2D eigenvalue weighted by molar-refractivity contribution is -0.137. The maximum atomic E-state index is 12.9. The van der Waals surface area contributed by atoms with Gasteiger partial charge in [0.2, 0.25) is 0 Å². The molecule has 7 heteroatoms. The number of halogens is 3. The van der Waals surface area contributed by atoms with Gasteiger partial charge in [-0.15, -0.1) is 0 Å². The minimum atomic E-state index is -4.53. The van der Waals surface area contributed by atoms with Crippen molar-refractivity contribution in [3.05, 3.63) is 59.2 Å². The van der Waals surface area contributed by atoms with Gasteiger partial charge >= 0.3 is 6.18 Å². The molecule has 0 saturated carbocycles. The highest BCUT2D eigenvalue weighted by molar-refractivity contribution is 6.03. The molecule has 2 aromatic carbocycles. The van der Waals surface area contributed by atoms with Gasteiger partial charge in [-0.05, 0) is 29.8 Å². The average molecular weight is 338 g/mol. The fourth-order valence-electron chi connectivity index (χ4n) is 2.57. The zero-order valence-electron chi connectivity index (χ0n) is 12.5. The van der Waals surface area contributed by atoms with Crippen molar-refractivity contribution >= 4 is 5.78 Å². The van der Waals surface area contributed by atoms with Gasteiger partial charge in [-0.1, -0.05) is 12.1 Å². The molecule has 0 amide bonds. The summed E-state index contributed by atoms with van der Waals surface area (Å²) < 4.78 is 49.2. The Bertz CT molecular complexity index is 786. The number of hydrogen-bond donors (Lipinski definition) is 1. The first-order chi connectivity index (χ1) is 11.3. The number of hydrogen-bond acceptors (Lipinski definition) is 4. The van der Waals surface area contributed by atoms with Gasteiger partial charge in [0.05, 0.1) is 18.2 Å². The standard InChI is InChI=1S/C17H13F3O4/c1-23-11-5-6-12-13(8-11)24-16(15(22)14(12)21)9-3-2-4-10(7-9)17(18,19)20/h2-8,15-16,22H,1H3/t15-,16+/m1/s1. The number of ketones is 1. The number of carbonyl (C=O) groups is 1. The molecule has 0 unspecified atom stereocenters. The van der Waals surface area contributed by atoms with Crippen LogP contribution in [0.15, 0.2) is 42.5 Å². The van der Waals surface area contributed by atoms with E-state index < -0.39 is 29.7 Å². The van der Waals surface area contributed by atoms with Crippen molar-refractivity contribution in [2.24, 2.45) is 0 Å². The SMILES string of the molecule is COc1ccc2c(c1)O[C@@H](c1cccc(C(F)(F)F)c1)[C@H](O)C2=O. The largest absolute Gasteiger partial charge is 0.497 e. The van der Waals surface area contributed by atoms with Crippen LogP contribution in [0.2, 0.25) is 0 Å². The summed E-state index contributed by atoms with van der Waals surface area (Å²) in [6.07, 6.45) is -7.34. The Balaban J connectivity index is 2.02. The van der Waals surface area contributed by atoms with Crippen LogP contribution in [0.1, 0.15) is 27.6 Å². The summed E-state index contributed by atoms with van der Waals surface area (Å²) in [7, 11) is 1.44. The predicted molar refractivity (Wildman–Crippen MR) is 78.1 cm³/mol. The van der Waals surface area contributed by atoms with E-state index in [0.29, 0.717) is 5.75 Å².